The lowest BCUT2D eigenvalue weighted by Gasteiger charge is -2.37. The maximum Gasteiger partial charge on any atom is 0.248 e. The number of aromatic nitrogens is 3. The zero-order valence-corrected chi connectivity index (χ0v) is 14.5. The van der Waals surface area contributed by atoms with E-state index < -0.39 is 5.54 Å². The first-order chi connectivity index (χ1) is 11.5. The SMILES string of the molecule is Cc1noc(C)c1CC(C)NC(=O)C1(n2cccn2)CCNCC1. The number of aryl methyl sites for hydroxylation is 2. The molecule has 0 saturated carbocycles. The van der Waals surface area contributed by atoms with Crippen LogP contribution >= 0.6 is 0 Å². The van der Waals surface area contributed by atoms with Crippen LogP contribution in [0.15, 0.2) is 23.0 Å². The van der Waals surface area contributed by atoms with Crippen LogP contribution in [0, 0.1) is 13.8 Å². The van der Waals surface area contributed by atoms with Crippen molar-refractivity contribution in [2.75, 3.05) is 13.1 Å². The Morgan fingerprint density at radius 1 is 1.46 bits per heavy atom. The molecule has 130 valence electrons. The minimum Gasteiger partial charge on any atom is -0.361 e. The number of carbonyl (C=O) groups excluding carboxylic acids is 1. The van der Waals surface area contributed by atoms with E-state index in [1.54, 1.807) is 6.20 Å². The van der Waals surface area contributed by atoms with Crippen molar-refractivity contribution in [3.05, 3.63) is 35.5 Å². The summed E-state index contributed by atoms with van der Waals surface area (Å²) in [6.45, 7) is 7.47. The topological polar surface area (TPSA) is 85.0 Å². The number of amides is 1. The first-order valence-electron chi connectivity index (χ1n) is 8.46. The standard InChI is InChI=1S/C17H25N5O2/c1-12(11-15-13(2)21-24-14(15)3)20-16(23)17(5-8-18-9-6-17)22-10-4-7-19-22/h4,7,10,12,18H,5-6,8-9,11H2,1-3H3,(H,20,23). The van der Waals surface area contributed by atoms with Crippen molar-refractivity contribution in [2.24, 2.45) is 0 Å². The predicted octanol–water partition coefficient (Wildman–Crippen LogP) is 1.31. The fourth-order valence-electron chi connectivity index (χ4n) is 3.43. The molecule has 1 amide bonds. The van der Waals surface area contributed by atoms with E-state index in [2.05, 4.69) is 20.9 Å². The van der Waals surface area contributed by atoms with Crippen molar-refractivity contribution in [3.63, 3.8) is 0 Å². The quantitative estimate of drug-likeness (QED) is 0.863. The average Bonchev–Trinajstić information content (AvgIpc) is 3.21. The van der Waals surface area contributed by atoms with Gasteiger partial charge in [-0.3, -0.25) is 9.48 Å². The monoisotopic (exact) mass is 331 g/mol. The summed E-state index contributed by atoms with van der Waals surface area (Å²) < 4.78 is 7.02. The molecule has 7 heteroatoms. The molecule has 7 nitrogen and oxygen atoms in total. The maximum absolute atomic E-state index is 13.1. The van der Waals surface area contributed by atoms with Crippen LogP contribution in [-0.2, 0) is 16.8 Å². The van der Waals surface area contributed by atoms with Crippen LogP contribution in [0.5, 0.6) is 0 Å². The van der Waals surface area contributed by atoms with Gasteiger partial charge in [-0.25, -0.2) is 0 Å². The molecule has 1 saturated heterocycles. The number of nitrogens with zero attached hydrogens (tertiary/aromatic N) is 3. The highest BCUT2D eigenvalue weighted by Gasteiger charge is 2.42. The van der Waals surface area contributed by atoms with Crippen molar-refractivity contribution < 1.29 is 9.32 Å². The second-order valence-corrected chi connectivity index (χ2v) is 6.61. The summed E-state index contributed by atoms with van der Waals surface area (Å²) in [5, 5.41) is 14.8. The van der Waals surface area contributed by atoms with E-state index in [-0.39, 0.29) is 11.9 Å². The van der Waals surface area contributed by atoms with E-state index in [1.165, 1.54) is 0 Å². The Morgan fingerprint density at radius 3 is 2.79 bits per heavy atom. The summed E-state index contributed by atoms with van der Waals surface area (Å²) in [6.07, 6.45) is 5.78. The van der Waals surface area contributed by atoms with Gasteiger partial charge in [0.1, 0.15) is 11.3 Å². The van der Waals surface area contributed by atoms with Crippen molar-refractivity contribution in [1.29, 1.82) is 0 Å². The Morgan fingerprint density at radius 2 is 2.21 bits per heavy atom. The van der Waals surface area contributed by atoms with Gasteiger partial charge in [0.25, 0.3) is 0 Å². The molecule has 2 aromatic heterocycles. The van der Waals surface area contributed by atoms with Crippen LogP contribution in [0.4, 0.5) is 0 Å². The van der Waals surface area contributed by atoms with Crippen LogP contribution in [0.2, 0.25) is 0 Å². The molecule has 1 atom stereocenters. The minimum atomic E-state index is -0.609. The zero-order chi connectivity index (χ0) is 17.2. The van der Waals surface area contributed by atoms with Crippen molar-refractivity contribution in [1.82, 2.24) is 25.6 Å². The number of hydrogen-bond donors (Lipinski definition) is 2. The summed E-state index contributed by atoms with van der Waals surface area (Å²) >= 11 is 0. The van der Waals surface area contributed by atoms with Gasteiger partial charge in [0.2, 0.25) is 5.91 Å². The van der Waals surface area contributed by atoms with Gasteiger partial charge in [0, 0.05) is 24.0 Å². The Bertz CT molecular complexity index is 666. The summed E-state index contributed by atoms with van der Waals surface area (Å²) in [5.74, 6) is 0.851. The van der Waals surface area contributed by atoms with Gasteiger partial charge >= 0.3 is 0 Å². The molecule has 2 N–H and O–H groups in total. The van der Waals surface area contributed by atoms with Gasteiger partial charge in [-0.1, -0.05) is 5.16 Å². The highest BCUT2D eigenvalue weighted by atomic mass is 16.5. The third kappa shape index (κ3) is 3.08. The molecule has 2 aromatic rings. The molecule has 24 heavy (non-hydrogen) atoms. The first-order valence-corrected chi connectivity index (χ1v) is 8.46. The summed E-state index contributed by atoms with van der Waals surface area (Å²) in [5.41, 5.74) is 1.35. The molecular formula is C17H25N5O2. The van der Waals surface area contributed by atoms with Crippen LogP contribution < -0.4 is 10.6 Å². The molecule has 0 radical (unpaired) electrons. The minimum absolute atomic E-state index is 0.00313. The molecular weight excluding hydrogens is 306 g/mol. The molecule has 3 rings (SSSR count). The molecule has 1 aliphatic rings. The van der Waals surface area contributed by atoms with Crippen molar-refractivity contribution in [3.8, 4) is 0 Å². The molecule has 1 fully saturated rings. The largest absolute Gasteiger partial charge is 0.361 e. The van der Waals surface area contributed by atoms with Crippen LogP contribution in [0.1, 0.15) is 36.8 Å². The summed E-state index contributed by atoms with van der Waals surface area (Å²) in [4.78, 5) is 13.1. The van der Waals surface area contributed by atoms with E-state index in [0.29, 0.717) is 6.42 Å². The van der Waals surface area contributed by atoms with Crippen molar-refractivity contribution in [2.45, 2.75) is 51.6 Å². The number of nitrogens with one attached hydrogen (secondary N) is 2. The average molecular weight is 331 g/mol. The van der Waals surface area contributed by atoms with Gasteiger partial charge in [-0.2, -0.15) is 5.10 Å². The normalized spacial score (nSPS) is 18.3. The van der Waals surface area contributed by atoms with Gasteiger partial charge < -0.3 is 15.2 Å². The van der Waals surface area contributed by atoms with Crippen LogP contribution in [-0.4, -0.2) is 40.0 Å². The molecule has 0 spiro atoms. The fourth-order valence-corrected chi connectivity index (χ4v) is 3.43. The second-order valence-electron chi connectivity index (χ2n) is 6.61. The number of piperidine rings is 1. The molecule has 0 aliphatic carbocycles. The van der Waals surface area contributed by atoms with E-state index >= 15 is 0 Å². The summed E-state index contributed by atoms with van der Waals surface area (Å²) in [6, 6.07) is 1.86. The zero-order valence-electron chi connectivity index (χ0n) is 14.5. The fraction of sp³-hybridized carbons (Fsp3) is 0.588. The van der Waals surface area contributed by atoms with Crippen LogP contribution in [0.3, 0.4) is 0 Å². The lowest BCUT2D eigenvalue weighted by Crippen LogP contribution is -2.56. The highest BCUT2D eigenvalue weighted by molar-refractivity contribution is 5.84. The molecule has 3 heterocycles. The second kappa shape index (κ2) is 6.76. The molecule has 0 aromatic carbocycles. The lowest BCUT2D eigenvalue weighted by atomic mass is 9.87. The third-order valence-electron chi connectivity index (χ3n) is 4.87. The smallest absolute Gasteiger partial charge is 0.248 e. The van der Waals surface area contributed by atoms with E-state index in [9.17, 15) is 4.79 Å². The Labute approximate surface area is 141 Å². The molecule has 0 bridgehead atoms. The number of rotatable bonds is 5. The Balaban J connectivity index is 1.74. The third-order valence-corrected chi connectivity index (χ3v) is 4.87. The van der Waals surface area contributed by atoms with Gasteiger partial charge in [0.15, 0.2) is 0 Å². The molecule has 1 aliphatic heterocycles. The van der Waals surface area contributed by atoms with E-state index in [1.807, 2.05) is 37.7 Å². The number of carbonyl (C=O) groups is 1. The lowest BCUT2D eigenvalue weighted by molar-refractivity contribution is -0.132. The van der Waals surface area contributed by atoms with Crippen molar-refractivity contribution >= 4 is 5.91 Å². The van der Waals surface area contributed by atoms with Gasteiger partial charge in [-0.05, 0) is 59.2 Å². The van der Waals surface area contributed by atoms with E-state index in [0.717, 1.165) is 42.9 Å². The number of hydrogen-bond acceptors (Lipinski definition) is 5. The first kappa shape index (κ1) is 16.7. The Kier molecular flexibility index (Phi) is 4.71. The van der Waals surface area contributed by atoms with Gasteiger partial charge in [-0.15, -0.1) is 0 Å². The van der Waals surface area contributed by atoms with E-state index in [4.69, 9.17) is 4.52 Å². The van der Waals surface area contributed by atoms with Crippen LogP contribution in [0.25, 0.3) is 0 Å². The highest BCUT2D eigenvalue weighted by Crippen LogP contribution is 2.27. The Hall–Kier alpha value is -2.15. The van der Waals surface area contributed by atoms with Gasteiger partial charge in [0.05, 0.1) is 5.69 Å². The predicted molar refractivity (Wildman–Crippen MR) is 89.6 cm³/mol. The molecule has 1 unspecified atom stereocenters. The summed E-state index contributed by atoms with van der Waals surface area (Å²) in [7, 11) is 0. The maximum atomic E-state index is 13.1.